The highest BCUT2D eigenvalue weighted by Gasteiger charge is 1.99. The average Bonchev–Trinajstić information content (AvgIpc) is 2.31. The van der Waals surface area contributed by atoms with Crippen molar-refractivity contribution >= 4 is 22.9 Å². The lowest BCUT2D eigenvalue weighted by molar-refractivity contribution is 0.0635. The SMILES string of the molecule is CC(C)OCc1cn(I)nn1. The summed E-state index contributed by atoms with van der Waals surface area (Å²) < 4.78 is 6.96. The Kier molecular flexibility index (Phi) is 3.25. The van der Waals surface area contributed by atoms with Crippen LogP contribution in [-0.2, 0) is 11.3 Å². The number of aromatic nitrogens is 3. The molecule has 0 amide bonds. The molecule has 1 aromatic rings. The lowest BCUT2D eigenvalue weighted by atomic mass is 10.4. The molecular weight excluding hydrogens is 257 g/mol. The molecule has 5 heteroatoms. The van der Waals surface area contributed by atoms with Crippen LogP contribution in [0.2, 0.25) is 0 Å². The molecule has 1 aromatic heterocycles. The second-order valence-electron chi connectivity index (χ2n) is 2.46. The first-order chi connectivity index (χ1) is 5.18. The lowest BCUT2D eigenvalue weighted by Crippen LogP contribution is -2.02. The minimum atomic E-state index is 0.245. The van der Waals surface area contributed by atoms with Gasteiger partial charge in [0.1, 0.15) is 5.69 Å². The van der Waals surface area contributed by atoms with E-state index in [0.29, 0.717) is 6.61 Å². The van der Waals surface area contributed by atoms with Gasteiger partial charge in [0, 0.05) is 0 Å². The smallest absolute Gasteiger partial charge is 0.109 e. The zero-order valence-corrected chi connectivity index (χ0v) is 8.65. The summed E-state index contributed by atoms with van der Waals surface area (Å²) in [6.07, 6.45) is 2.08. The van der Waals surface area contributed by atoms with E-state index in [-0.39, 0.29) is 6.10 Å². The molecular formula is C6H10IN3O. The van der Waals surface area contributed by atoms with E-state index in [1.54, 1.807) is 2.90 Å². The van der Waals surface area contributed by atoms with Crippen molar-refractivity contribution in [3.63, 3.8) is 0 Å². The molecule has 0 atom stereocenters. The summed E-state index contributed by atoms with van der Waals surface area (Å²) in [5.74, 6) is 0. The Morgan fingerprint density at radius 1 is 1.73 bits per heavy atom. The van der Waals surface area contributed by atoms with Crippen LogP contribution in [0.15, 0.2) is 6.20 Å². The predicted octanol–water partition coefficient (Wildman–Crippen LogP) is 1.40. The van der Waals surface area contributed by atoms with Gasteiger partial charge >= 0.3 is 0 Å². The molecule has 11 heavy (non-hydrogen) atoms. The molecule has 0 bridgehead atoms. The Morgan fingerprint density at radius 2 is 2.45 bits per heavy atom. The van der Waals surface area contributed by atoms with Crippen molar-refractivity contribution in [2.45, 2.75) is 26.6 Å². The van der Waals surface area contributed by atoms with Gasteiger partial charge in [-0.25, -0.2) is 0 Å². The van der Waals surface area contributed by atoms with E-state index in [4.69, 9.17) is 4.74 Å². The summed E-state index contributed by atoms with van der Waals surface area (Å²) in [7, 11) is 0. The van der Waals surface area contributed by atoms with Gasteiger partial charge in [-0.3, -0.25) is 0 Å². The van der Waals surface area contributed by atoms with Crippen molar-refractivity contribution in [1.82, 2.24) is 13.2 Å². The molecule has 62 valence electrons. The molecule has 0 unspecified atom stereocenters. The molecule has 1 rings (SSSR count). The van der Waals surface area contributed by atoms with Crippen molar-refractivity contribution in [3.05, 3.63) is 11.9 Å². The lowest BCUT2D eigenvalue weighted by Gasteiger charge is -2.03. The first-order valence-corrected chi connectivity index (χ1v) is 4.34. The minimum Gasteiger partial charge on any atom is -0.372 e. The molecule has 0 aliphatic carbocycles. The van der Waals surface area contributed by atoms with Gasteiger partial charge in [-0.05, 0) is 13.8 Å². The van der Waals surface area contributed by atoms with Crippen LogP contribution in [0.25, 0.3) is 0 Å². The summed E-state index contributed by atoms with van der Waals surface area (Å²) in [6.45, 7) is 4.53. The topological polar surface area (TPSA) is 39.9 Å². The molecule has 0 spiro atoms. The Hall–Kier alpha value is -0.170. The van der Waals surface area contributed by atoms with Crippen LogP contribution in [0, 0.1) is 0 Å². The van der Waals surface area contributed by atoms with E-state index >= 15 is 0 Å². The van der Waals surface area contributed by atoms with Crippen LogP contribution >= 0.6 is 22.9 Å². The maximum absolute atomic E-state index is 5.32. The number of halogens is 1. The number of ether oxygens (including phenoxy) is 1. The second kappa shape index (κ2) is 4.01. The number of hydrogen-bond acceptors (Lipinski definition) is 3. The van der Waals surface area contributed by atoms with Gasteiger partial charge in [0.25, 0.3) is 0 Å². The third-order valence-corrected chi connectivity index (χ3v) is 1.55. The molecule has 0 saturated carbocycles. The summed E-state index contributed by atoms with van der Waals surface area (Å²) in [5, 5.41) is 7.64. The van der Waals surface area contributed by atoms with E-state index in [0.717, 1.165) is 5.69 Å². The maximum Gasteiger partial charge on any atom is 0.109 e. The predicted molar refractivity (Wildman–Crippen MR) is 49.4 cm³/mol. The zero-order valence-electron chi connectivity index (χ0n) is 6.49. The average molecular weight is 267 g/mol. The van der Waals surface area contributed by atoms with Gasteiger partial charge in [-0.1, -0.05) is 5.21 Å². The summed E-state index contributed by atoms with van der Waals surface area (Å²) in [5.41, 5.74) is 0.869. The Bertz CT molecular complexity index is 223. The fourth-order valence-corrected chi connectivity index (χ4v) is 1.01. The zero-order chi connectivity index (χ0) is 8.27. The van der Waals surface area contributed by atoms with E-state index < -0.39 is 0 Å². The normalized spacial score (nSPS) is 10.9. The van der Waals surface area contributed by atoms with Crippen molar-refractivity contribution in [2.24, 2.45) is 0 Å². The molecule has 0 saturated heterocycles. The van der Waals surface area contributed by atoms with Crippen molar-refractivity contribution in [3.8, 4) is 0 Å². The molecule has 0 radical (unpaired) electrons. The maximum atomic E-state index is 5.32. The van der Waals surface area contributed by atoms with Crippen LogP contribution in [0.3, 0.4) is 0 Å². The van der Waals surface area contributed by atoms with E-state index in [9.17, 15) is 0 Å². The van der Waals surface area contributed by atoms with Gasteiger partial charge in [0.05, 0.1) is 41.8 Å². The third kappa shape index (κ3) is 3.15. The summed E-state index contributed by atoms with van der Waals surface area (Å²) >= 11 is 2.05. The fourth-order valence-electron chi connectivity index (χ4n) is 0.593. The minimum absolute atomic E-state index is 0.245. The monoisotopic (exact) mass is 267 g/mol. The molecule has 0 fully saturated rings. The molecule has 1 heterocycles. The fraction of sp³-hybridized carbons (Fsp3) is 0.667. The van der Waals surface area contributed by atoms with Crippen molar-refractivity contribution in [2.75, 3.05) is 0 Å². The largest absolute Gasteiger partial charge is 0.372 e. The van der Waals surface area contributed by atoms with Crippen molar-refractivity contribution < 1.29 is 4.74 Å². The van der Waals surface area contributed by atoms with Crippen LogP contribution in [-0.4, -0.2) is 19.3 Å². The Labute approximate surface area is 79.4 Å². The number of nitrogens with zero attached hydrogens (tertiary/aromatic N) is 3. The van der Waals surface area contributed by atoms with E-state index in [1.165, 1.54) is 0 Å². The number of rotatable bonds is 3. The van der Waals surface area contributed by atoms with Gasteiger partial charge in [-0.15, -0.1) is 5.10 Å². The van der Waals surface area contributed by atoms with Crippen LogP contribution < -0.4 is 0 Å². The highest BCUT2D eigenvalue weighted by atomic mass is 127. The van der Waals surface area contributed by atoms with Crippen LogP contribution in [0.4, 0.5) is 0 Å². The van der Waals surface area contributed by atoms with E-state index in [2.05, 4.69) is 10.3 Å². The third-order valence-electron chi connectivity index (χ3n) is 1.08. The van der Waals surface area contributed by atoms with Gasteiger partial charge < -0.3 is 4.74 Å². The quantitative estimate of drug-likeness (QED) is 0.777. The first-order valence-electron chi connectivity index (χ1n) is 3.37. The Morgan fingerprint density at radius 3 is 2.91 bits per heavy atom. The molecule has 4 nitrogen and oxygen atoms in total. The van der Waals surface area contributed by atoms with Crippen LogP contribution in [0.1, 0.15) is 19.5 Å². The molecule has 0 N–H and O–H groups in total. The van der Waals surface area contributed by atoms with Gasteiger partial charge in [0.2, 0.25) is 0 Å². The first kappa shape index (κ1) is 8.92. The van der Waals surface area contributed by atoms with Crippen molar-refractivity contribution in [1.29, 1.82) is 0 Å². The highest BCUT2D eigenvalue weighted by Crippen LogP contribution is 2.00. The molecule has 0 aliphatic rings. The highest BCUT2D eigenvalue weighted by molar-refractivity contribution is 14.1. The van der Waals surface area contributed by atoms with Gasteiger partial charge in [0.15, 0.2) is 0 Å². The molecule has 0 aromatic carbocycles. The standard InChI is InChI=1S/C6H10IN3O/c1-5(2)11-4-6-3-10(7)9-8-6/h3,5H,4H2,1-2H3. The van der Waals surface area contributed by atoms with Gasteiger partial charge in [-0.2, -0.15) is 2.90 Å². The molecule has 0 aliphatic heterocycles. The summed E-state index contributed by atoms with van der Waals surface area (Å²) in [4.78, 5) is 0. The van der Waals surface area contributed by atoms with Crippen LogP contribution in [0.5, 0.6) is 0 Å². The Balaban J connectivity index is 2.39. The number of hydrogen-bond donors (Lipinski definition) is 0. The second-order valence-corrected chi connectivity index (χ2v) is 3.45. The van der Waals surface area contributed by atoms with E-state index in [1.807, 2.05) is 42.9 Å². The summed E-state index contributed by atoms with van der Waals surface area (Å²) in [6, 6.07) is 0.